The maximum absolute atomic E-state index is 12.4. The molecule has 0 aromatic rings. The first kappa shape index (κ1) is 14.8. The molecule has 0 aromatic heterocycles. The van der Waals surface area contributed by atoms with Crippen LogP contribution in [0.1, 0.15) is 20.3 Å². The van der Waals surface area contributed by atoms with Crippen LogP contribution in [0.25, 0.3) is 0 Å². The van der Waals surface area contributed by atoms with Crippen molar-refractivity contribution in [1.29, 1.82) is 0 Å². The van der Waals surface area contributed by atoms with E-state index < -0.39 is 0 Å². The molecule has 2 atom stereocenters. The van der Waals surface area contributed by atoms with Gasteiger partial charge in [-0.15, -0.1) is 0 Å². The zero-order chi connectivity index (χ0) is 12.7. The average Bonchev–Trinajstić information content (AvgIpc) is 2.39. The van der Waals surface area contributed by atoms with Crippen LogP contribution in [0.15, 0.2) is 0 Å². The maximum Gasteiger partial charge on any atom is 0.240 e. The molecule has 1 amide bonds. The van der Waals surface area contributed by atoms with Gasteiger partial charge in [0.15, 0.2) is 0 Å². The molecule has 5 heteroatoms. The number of amides is 1. The molecule has 0 spiro atoms. The van der Waals surface area contributed by atoms with Gasteiger partial charge in [-0.2, -0.15) is 11.8 Å². The quantitative estimate of drug-likeness (QED) is 0.772. The molecule has 4 nitrogen and oxygen atoms in total. The summed E-state index contributed by atoms with van der Waals surface area (Å²) in [6.45, 7) is 6.44. The summed E-state index contributed by atoms with van der Waals surface area (Å²) in [6, 6.07) is 0.269. The van der Waals surface area contributed by atoms with Crippen molar-refractivity contribution in [2.24, 2.45) is 0 Å². The molecule has 1 N–H and O–H groups in total. The van der Waals surface area contributed by atoms with Crippen molar-refractivity contribution in [1.82, 2.24) is 10.2 Å². The molecule has 0 aliphatic carbocycles. The highest BCUT2D eigenvalue weighted by molar-refractivity contribution is 7.99. The third-order valence-corrected chi connectivity index (χ3v) is 4.22. The summed E-state index contributed by atoms with van der Waals surface area (Å²) in [7, 11) is 1.67. The number of carbonyl (C=O) groups is 1. The van der Waals surface area contributed by atoms with E-state index in [1.807, 2.05) is 16.7 Å². The Kier molecular flexibility index (Phi) is 6.92. The maximum atomic E-state index is 12.4. The third kappa shape index (κ3) is 4.48. The van der Waals surface area contributed by atoms with E-state index in [1.165, 1.54) is 0 Å². The van der Waals surface area contributed by atoms with E-state index in [9.17, 15) is 4.79 Å². The normalized spacial score (nSPS) is 22.2. The molecule has 0 aromatic carbocycles. The van der Waals surface area contributed by atoms with Gasteiger partial charge in [-0.3, -0.25) is 4.79 Å². The van der Waals surface area contributed by atoms with Crippen LogP contribution in [0.2, 0.25) is 0 Å². The van der Waals surface area contributed by atoms with Crippen LogP contribution >= 0.6 is 11.8 Å². The van der Waals surface area contributed by atoms with E-state index in [4.69, 9.17) is 4.74 Å². The molecule has 2 unspecified atom stereocenters. The molecule has 1 saturated heterocycles. The number of ether oxygens (including phenoxy) is 1. The fourth-order valence-corrected chi connectivity index (χ4v) is 2.81. The number of nitrogens with one attached hydrogen (secondary N) is 1. The fraction of sp³-hybridized carbons (Fsp3) is 0.917. The lowest BCUT2D eigenvalue weighted by atomic mass is 10.1. The number of nitrogens with zero attached hydrogens (tertiary/aromatic N) is 1. The molecule has 1 fully saturated rings. The first-order valence-corrected chi connectivity index (χ1v) is 7.46. The predicted octanol–water partition coefficient (Wildman–Crippen LogP) is 0.965. The first-order valence-electron chi connectivity index (χ1n) is 6.31. The lowest BCUT2D eigenvalue weighted by molar-refractivity contribution is -0.135. The Morgan fingerprint density at radius 3 is 2.94 bits per heavy atom. The van der Waals surface area contributed by atoms with Gasteiger partial charge in [0, 0.05) is 37.7 Å². The Balaban J connectivity index is 2.56. The summed E-state index contributed by atoms with van der Waals surface area (Å²) in [5.41, 5.74) is 0. The summed E-state index contributed by atoms with van der Waals surface area (Å²) in [5, 5.41) is 3.30. The minimum absolute atomic E-state index is 0.0143. The number of hydrogen-bond donors (Lipinski definition) is 1. The highest BCUT2D eigenvalue weighted by Crippen LogP contribution is 2.13. The van der Waals surface area contributed by atoms with Gasteiger partial charge in [0.25, 0.3) is 0 Å². The molecule has 1 aliphatic rings. The average molecular weight is 260 g/mol. The van der Waals surface area contributed by atoms with Gasteiger partial charge in [-0.25, -0.2) is 0 Å². The molecule has 1 rings (SSSR count). The zero-order valence-electron chi connectivity index (χ0n) is 11.1. The molecule has 1 aliphatic heterocycles. The Labute approximate surface area is 108 Å². The fourth-order valence-electron chi connectivity index (χ4n) is 1.88. The van der Waals surface area contributed by atoms with Crippen molar-refractivity contribution in [3.63, 3.8) is 0 Å². The molecule has 1 heterocycles. The van der Waals surface area contributed by atoms with Gasteiger partial charge in [0.05, 0.1) is 12.6 Å². The third-order valence-electron chi connectivity index (χ3n) is 3.16. The topological polar surface area (TPSA) is 41.6 Å². The van der Waals surface area contributed by atoms with Gasteiger partial charge < -0.3 is 15.0 Å². The number of methoxy groups -OCH3 is 1. The molecular formula is C12H24N2O2S. The molecule has 0 radical (unpaired) electrons. The summed E-state index contributed by atoms with van der Waals surface area (Å²) in [4.78, 5) is 14.4. The largest absolute Gasteiger partial charge is 0.383 e. The van der Waals surface area contributed by atoms with E-state index in [0.717, 1.165) is 24.5 Å². The van der Waals surface area contributed by atoms with Crippen LogP contribution in [0, 0.1) is 0 Å². The Morgan fingerprint density at radius 2 is 2.41 bits per heavy atom. The molecule has 0 bridgehead atoms. The predicted molar refractivity (Wildman–Crippen MR) is 72.5 cm³/mol. The summed E-state index contributed by atoms with van der Waals surface area (Å²) in [6.07, 6.45) is 0.981. The number of carbonyl (C=O) groups excluding carboxylic acids is 1. The lowest BCUT2D eigenvalue weighted by Gasteiger charge is -2.33. The first-order chi connectivity index (χ1) is 8.20. The molecule has 0 saturated carbocycles. The molecular weight excluding hydrogens is 236 g/mol. The Bertz CT molecular complexity index is 233. The Hall–Kier alpha value is -0.260. The lowest BCUT2D eigenvalue weighted by Crippen LogP contribution is -2.53. The minimum atomic E-state index is -0.0143. The van der Waals surface area contributed by atoms with Crippen LogP contribution in [0.3, 0.4) is 0 Å². The van der Waals surface area contributed by atoms with Crippen molar-refractivity contribution in [3.8, 4) is 0 Å². The Morgan fingerprint density at radius 1 is 1.65 bits per heavy atom. The van der Waals surface area contributed by atoms with Gasteiger partial charge in [0.2, 0.25) is 5.91 Å². The number of hydrogen-bond acceptors (Lipinski definition) is 4. The number of thioether (sulfide) groups is 1. The SMILES string of the molecule is CCC(C)N(CCOC)C(=O)C1CSCCN1. The van der Waals surface area contributed by atoms with Crippen molar-refractivity contribution in [2.75, 3.05) is 38.3 Å². The second-order valence-electron chi connectivity index (χ2n) is 4.36. The standard InChI is InChI=1S/C12H24N2O2S/c1-4-10(2)14(6-7-16-3)12(15)11-9-17-8-5-13-11/h10-11,13H,4-9H2,1-3H3. The van der Waals surface area contributed by atoms with E-state index in [1.54, 1.807) is 7.11 Å². The van der Waals surface area contributed by atoms with Crippen LogP contribution in [-0.4, -0.2) is 61.2 Å². The number of rotatable bonds is 6. The van der Waals surface area contributed by atoms with Crippen molar-refractivity contribution in [2.45, 2.75) is 32.4 Å². The highest BCUT2D eigenvalue weighted by atomic mass is 32.2. The van der Waals surface area contributed by atoms with Gasteiger partial charge in [-0.1, -0.05) is 6.92 Å². The van der Waals surface area contributed by atoms with Crippen LogP contribution in [0.5, 0.6) is 0 Å². The van der Waals surface area contributed by atoms with E-state index in [2.05, 4.69) is 19.2 Å². The summed E-state index contributed by atoms with van der Waals surface area (Å²) >= 11 is 1.85. The minimum Gasteiger partial charge on any atom is -0.383 e. The second kappa shape index (κ2) is 7.95. The van der Waals surface area contributed by atoms with Crippen molar-refractivity contribution in [3.05, 3.63) is 0 Å². The van der Waals surface area contributed by atoms with E-state index in [0.29, 0.717) is 13.2 Å². The summed E-state index contributed by atoms with van der Waals surface area (Å²) in [5.74, 6) is 2.22. The van der Waals surface area contributed by atoms with Crippen molar-refractivity contribution < 1.29 is 9.53 Å². The molecule has 100 valence electrons. The molecule has 17 heavy (non-hydrogen) atoms. The smallest absolute Gasteiger partial charge is 0.240 e. The monoisotopic (exact) mass is 260 g/mol. The van der Waals surface area contributed by atoms with Gasteiger partial charge in [0.1, 0.15) is 0 Å². The second-order valence-corrected chi connectivity index (χ2v) is 5.51. The van der Waals surface area contributed by atoms with Crippen molar-refractivity contribution >= 4 is 17.7 Å². The van der Waals surface area contributed by atoms with Gasteiger partial charge in [-0.05, 0) is 13.3 Å². The van der Waals surface area contributed by atoms with E-state index >= 15 is 0 Å². The highest BCUT2D eigenvalue weighted by Gasteiger charge is 2.27. The van der Waals surface area contributed by atoms with Gasteiger partial charge >= 0.3 is 0 Å². The zero-order valence-corrected chi connectivity index (χ0v) is 11.9. The van der Waals surface area contributed by atoms with E-state index in [-0.39, 0.29) is 18.0 Å². The van der Waals surface area contributed by atoms with Crippen LogP contribution in [0.4, 0.5) is 0 Å². The van der Waals surface area contributed by atoms with Crippen LogP contribution < -0.4 is 5.32 Å². The summed E-state index contributed by atoms with van der Waals surface area (Å²) < 4.78 is 5.08. The van der Waals surface area contributed by atoms with Crippen LogP contribution in [-0.2, 0) is 9.53 Å².